The standard InChI is InChI=1S/C23H16NOPS2/c25-26(21-7-3-15-27-21,22-8-4-16-28-22)19-11-9-18(10-12-19)23-20-6-2-1-5-17(20)13-14-24-23/h1-16H. The van der Waals surface area contributed by atoms with Gasteiger partial charge in [-0.15, -0.1) is 22.7 Å². The fourth-order valence-electron chi connectivity index (χ4n) is 3.44. The summed E-state index contributed by atoms with van der Waals surface area (Å²) in [7, 11) is -2.82. The maximum absolute atomic E-state index is 14.2. The van der Waals surface area contributed by atoms with Crippen LogP contribution in [0.5, 0.6) is 0 Å². The second-order valence-corrected chi connectivity index (χ2v) is 11.6. The summed E-state index contributed by atoms with van der Waals surface area (Å²) in [4.78, 5) is 4.60. The summed E-state index contributed by atoms with van der Waals surface area (Å²) in [5.41, 5.74) is 1.98. The SMILES string of the molecule is O=P(c1ccc(-c2nccc3ccccc23)cc1)(c1cccs1)c1cccs1. The van der Waals surface area contributed by atoms with Crippen LogP contribution in [-0.2, 0) is 4.57 Å². The summed E-state index contributed by atoms with van der Waals surface area (Å²) in [6, 6.07) is 26.2. The monoisotopic (exact) mass is 417 g/mol. The smallest absolute Gasteiger partial charge is 0.189 e. The molecule has 0 N–H and O–H groups in total. The number of fused-ring (bicyclic) bond motifs is 1. The maximum atomic E-state index is 14.2. The van der Waals surface area contributed by atoms with E-state index in [-0.39, 0.29) is 0 Å². The molecule has 28 heavy (non-hydrogen) atoms. The molecule has 2 aromatic carbocycles. The van der Waals surface area contributed by atoms with Crippen molar-refractivity contribution in [1.82, 2.24) is 4.98 Å². The van der Waals surface area contributed by atoms with Crippen molar-refractivity contribution in [2.24, 2.45) is 0 Å². The van der Waals surface area contributed by atoms with Gasteiger partial charge < -0.3 is 4.57 Å². The van der Waals surface area contributed by atoms with E-state index in [1.54, 1.807) is 22.7 Å². The summed E-state index contributed by atoms with van der Waals surface area (Å²) in [6.45, 7) is 0. The number of benzene rings is 2. The highest BCUT2D eigenvalue weighted by atomic mass is 32.1. The summed E-state index contributed by atoms with van der Waals surface area (Å²) in [5, 5.41) is 7.13. The van der Waals surface area contributed by atoms with E-state index < -0.39 is 7.14 Å². The molecule has 0 saturated heterocycles. The third-order valence-electron chi connectivity index (χ3n) is 4.81. The molecule has 0 atom stereocenters. The minimum absolute atomic E-state index is 0.862. The van der Waals surface area contributed by atoms with Gasteiger partial charge in [0.05, 0.1) is 14.9 Å². The number of hydrogen-bond acceptors (Lipinski definition) is 4. The molecular weight excluding hydrogens is 401 g/mol. The average Bonchev–Trinajstić information content (AvgIpc) is 3.48. The van der Waals surface area contributed by atoms with E-state index >= 15 is 0 Å². The average molecular weight is 417 g/mol. The second-order valence-electron chi connectivity index (χ2n) is 6.44. The highest BCUT2D eigenvalue weighted by Gasteiger charge is 2.31. The molecule has 5 heteroatoms. The first kappa shape index (κ1) is 17.6. The van der Waals surface area contributed by atoms with Crippen molar-refractivity contribution in [1.29, 1.82) is 0 Å². The lowest BCUT2D eigenvalue weighted by molar-refractivity contribution is 0.593. The zero-order valence-corrected chi connectivity index (χ0v) is 17.4. The van der Waals surface area contributed by atoms with E-state index in [0.717, 1.165) is 31.2 Å². The molecule has 5 aromatic rings. The van der Waals surface area contributed by atoms with Crippen molar-refractivity contribution < 1.29 is 4.57 Å². The van der Waals surface area contributed by atoms with Crippen molar-refractivity contribution in [2.75, 3.05) is 0 Å². The number of pyridine rings is 1. The Morgan fingerprint density at radius 1 is 0.714 bits per heavy atom. The number of rotatable bonds is 4. The zero-order chi connectivity index (χ0) is 19.0. The Balaban J connectivity index is 1.64. The number of thiophene rings is 2. The third kappa shape index (κ3) is 2.85. The Hall–Kier alpha value is -2.52. The zero-order valence-electron chi connectivity index (χ0n) is 14.9. The van der Waals surface area contributed by atoms with Crippen LogP contribution >= 0.6 is 29.8 Å². The molecule has 3 heterocycles. The van der Waals surface area contributed by atoms with E-state index in [2.05, 4.69) is 17.1 Å². The second kappa shape index (κ2) is 7.14. The Morgan fingerprint density at radius 3 is 2.04 bits per heavy atom. The summed E-state index contributed by atoms with van der Waals surface area (Å²) in [6.07, 6.45) is 1.84. The van der Waals surface area contributed by atoms with Crippen molar-refractivity contribution >= 4 is 55.1 Å². The van der Waals surface area contributed by atoms with Crippen LogP contribution in [0.2, 0.25) is 0 Å². The van der Waals surface area contributed by atoms with Crippen LogP contribution in [0.1, 0.15) is 0 Å². The molecule has 0 unspecified atom stereocenters. The van der Waals surface area contributed by atoms with Crippen LogP contribution in [-0.4, -0.2) is 4.98 Å². The molecule has 136 valence electrons. The van der Waals surface area contributed by atoms with Gasteiger partial charge >= 0.3 is 0 Å². The Kier molecular flexibility index (Phi) is 4.48. The largest absolute Gasteiger partial charge is 0.307 e. The van der Waals surface area contributed by atoms with Crippen molar-refractivity contribution in [3.05, 3.63) is 95.8 Å². The van der Waals surface area contributed by atoms with E-state index in [1.807, 2.05) is 83.7 Å². The summed E-state index contributed by atoms with van der Waals surface area (Å²) in [5.74, 6) is 0. The number of nitrogens with zero attached hydrogens (tertiary/aromatic N) is 1. The van der Waals surface area contributed by atoms with Crippen LogP contribution in [0.25, 0.3) is 22.0 Å². The molecule has 2 nitrogen and oxygen atoms in total. The normalized spacial score (nSPS) is 11.7. The first-order valence-electron chi connectivity index (χ1n) is 8.90. The van der Waals surface area contributed by atoms with Crippen molar-refractivity contribution in [3.8, 4) is 11.3 Å². The number of hydrogen-bond donors (Lipinski definition) is 0. The molecule has 0 aliphatic carbocycles. The fraction of sp³-hybridized carbons (Fsp3) is 0. The fourth-order valence-corrected chi connectivity index (χ4v) is 9.18. The molecule has 0 amide bonds. The van der Waals surface area contributed by atoms with Crippen LogP contribution in [0.15, 0.2) is 95.8 Å². The minimum Gasteiger partial charge on any atom is -0.307 e. The molecule has 0 aliphatic heterocycles. The van der Waals surface area contributed by atoms with Gasteiger partial charge in [-0.05, 0) is 34.3 Å². The highest BCUT2D eigenvalue weighted by Crippen LogP contribution is 2.45. The number of aromatic nitrogens is 1. The topological polar surface area (TPSA) is 30.0 Å². The van der Waals surface area contributed by atoms with Gasteiger partial charge in [0.25, 0.3) is 0 Å². The Labute approximate surface area is 171 Å². The quantitative estimate of drug-likeness (QED) is 0.353. The van der Waals surface area contributed by atoms with Crippen LogP contribution < -0.4 is 14.5 Å². The molecule has 0 aliphatic rings. The van der Waals surface area contributed by atoms with E-state index in [9.17, 15) is 4.57 Å². The molecule has 0 spiro atoms. The van der Waals surface area contributed by atoms with Crippen molar-refractivity contribution in [2.45, 2.75) is 0 Å². The highest BCUT2D eigenvalue weighted by molar-refractivity contribution is 7.92. The summed E-state index contributed by atoms with van der Waals surface area (Å²) < 4.78 is 16.1. The predicted octanol–water partition coefficient (Wildman–Crippen LogP) is 5.66. The van der Waals surface area contributed by atoms with Gasteiger partial charge in [-0.2, -0.15) is 0 Å². The van der Waals surface area contributed by atoms with Gasteiger partial charge in [0.1, 0.15) is 0 Å². The van der Waals surface area contributed by atoms with Gasteiger partial charge in [0.15, 0.2) is 7.14 Å². The molecule has 0 bridgehead atoms. The molecule has 0 radical (unpaired) electrons. The van der Waals surface area contributed by atoms with Gasteiger partial charge in [-0.3, -0.25) is 4.98 Å². The molecule has 0 fully saturated rings. The lowest BCUT2D eigenvalue weighted by Gasteiger charge is -2.16. The van der Waals surface area contributed by atoms with E-state index in [0.29, 0.717) is 0 Å². The molecule has 0 saturated carbocycles. The van der Waals surface area contributed by atoms with Gasteiger partial charge in [-0.25, -0.2) is 0 Å². The van der Waals surface area contributed by atoms with Crippen molar-refractivity contribution in [3.63, 3.8) is 0 Å². The van der Waals surface area contributed by atoms with E-state index in [1.165, 1.54) is 5.39 Å². The lowest BCUT2D eigenvalue weighted by Crippen LogP contribution is -2.21. The van der Waals surface area contributed by atoms with Crippen LogP contribution in [0, 0.1) is 0 Å². The molecule has 3 aromatic heterocycles. The van der Waals surface area contributed by atoms with Gasteiger partial charge in [0, 0.05) is 22.5 Å². The van der Waals surface area contributed by atoms with Gasteiger partial charge in [0.2, 0.25) is 0 Å². The maximum Gasteiger partial charge on any atom is 0.189 e. The predicted molar refractivity (Wildman–Crippen MR) is 122 cm³/mol. The Bertz CT molecular complexity index is 1230. The first-order valence-corrected chi connectivity index (χ1v) is 12.4. The lowest BCUT2D eigenvalue weighted by atomic mass is 10.0. The molecule has 5 rings (SSSR count). The molecular formula is C23H16NOPS2. The summed E-state index contributed by atoms with van der Waals surface area (Å²) >= 11 is 3.11. The first-order chi connectivity index (χ1) is 13.8. The third-order valence-corrected chi connectivity index (χ3v) is 10.9. The van der Waals surface area contributed by atoms with Gasteiger partial charge in [-0.1, -0.05) is 60.7 Å². The van der Waals surface area contributed by atoms with Crippen LogP contribution in [0.3, 0.4) is 0 Å². The minimum atomic E-state index is -2.82. The Morgan fingerprint density at radius 2 is 1.39 bits per heavy atom. The van der Waals surface area contributed by atoms with Crippen LogP contribution in [0.4, 0.5) is 0 Å². The van der Waals surface area contributed by atoms with E-state index in [4.69, 9.17) is 0 Å².